The second kappa shape index (κ2) is 5.88. The number of rotatable bonds is 4. The molecule has 19 heavy (non-hydrogen) atoms. The molecule has 102 valence electrons. The molecule has 0 aliphatic rings. The quantitative estimate of drug-likeness (QED) is 0.872. The van der Waals surface area contributed by atoms with Crippen molar-refractivity contribution in [2.24, 2.45) is 0 Å². The second-order valence-corrected chi connectivity index (χ2v) is 7.99. The van der Waals surface area contributed by atoms with Gasteiger partial charge in [-0.15, -0.1) is 11.3 Å². The van der Waals surface area contributed by atoms with Crippen LogP contribution in [0.4, 0.5) is 4.39 Å². The fraction of sp³-hybridized carbons (Fsp3) is 0.0909. The molecule has 1 aromatic heterocycles. The number of sulfonamides is 1. The van der Waals surface area contributed by atoms with Crippen molar-refractivity contribution in [1.82, 2.24) is 4.72 Å². The second-order valence-electron chi connectivity index (χ2n) is 3.61. The first kappa shape index (κ1) is 14.9. The van der Waals surface area contributed by atoms with Crippen molar-refractivity contribution in [3.63, 3.8) is 0 Å². The first-order valence-electron chi connectivity index (χ1n) is 5.07. The Morgan fingerprint density at radius 2 is 2.05 bits per heavy atom. The van der Waals surface area contributed by atoms with Crippen molar-refractivity contribution in [2.75, 3.05) is 0 Å². The smallest absolute Gasteiger partial charge is 0.207 e. The predicted octanol–water partition coefficient (Wildman–Crippen LogP) is 3.78. The summed E-state index contributed by atoms with van der Waals surface area (Å²) in [6, 6.07) is 6.86. The van der Waals surface area contributed by atoms with Crippen LogP contribution in [0.5, 0.6) is 0 Å². The minimum atomic E-state index is -3.70. The van der Waals surface area contributed by atoms with Crippen molar-refractivity contribution < 1.29 is 12.8 Å². The molecule has 0 atom stereocenters. The molecule has 0 fully saturated rings. The minimum Gasteiger partial charge on any atom is -0.207 e. The highest BCUT2D eigenvalue weighted by Crippen LogP contribution is 2.24. The molecule has 2 aromatic rings. The van der Waals surface area contributed by atoms with E-state index < -0.39 is 15.8 Å². The molecular formula is C11H8BrClFNO2S2. The summed E-state index contributed by atoms with van der Waals surface area (Å²) in [5, 5.41) is 0. The van der Waals surface area contributed by atoms with Crippen LogP contribution in [-0.4, -0.2) is 8.42 Å². The molecule has 0 saturated carbocycles. The molecule has 2 rings (SSSR count). The van der Waals surface area contributed by atoms with Crippen LogP contribution in [0.15, 0.2) is 39.7 Å². The summed E-state index contributed by atoms with van der Waals surface area (Å²) in [4.78, 5) is 0.795. The van der Waals surface area contributed by atoms with Gasteiger partial charge in [-0.2, -0.15) is 0 Å². The van der Waals surface area contributed by atoms with E-state index in [0.29, 0.717) is 4.34 Å². The molecule has 0 saturated heterocycles. The summed E-state index contributed by atoms with van der Waals surface area (Å²) in [7, 11) is -3.70. The normalized spacial score (nSPS) is 11.7. The van der Waals surface area contributed by atoms with E-state index in [4.69, 9.17) is 11.6 Å². The van der Waals surface area contributed by atoms with Crippen molar-refractivity contribution in [2.45, 2.75) is 11.4 Å². The molecule has 0 aliphatic carbocycles. The summed E-state index contributed by atoms with van der Waals surface area (Å²) in [5.74, 6) is -0.504. The average Bonchev–Trinajstić information content (AvgIpc) is 2.72. The maximum atomic E-state index is 12.9. The van der Waals surface area contributed by atoms with E-state index in [2.05, 4.69) is 20.7 Å². The first-order valence-corrected chi connectivity index (χ1v) is 8.54. The molecule has 8 heteroatoms. The van der Waals surface area contributed by atoms with E-state index >= 15 is 0 Å². The van der Waals surface area contributed by atoms with Crippen LogP contribution in [0.3, 0.4) is 0 Å². The Morgan fingerprint density at radius 3 is 2.63 bits per heavy atom. The van der Waals surface area contributed by atoms with Crippen LogP contribution >= 0.6 is 38.9 Å². The zero-order valence-electron chi connectivity index (χ0n) is 9.36. The van der Waals surface area contributed by atoms with Gasteiger partial charge in [-0.1, -0.05) is 11.6 Å². The monoisotopic (exact) mass is 383 g/mol. The Bertz CT molecular complexity index is 702. The van der Waals surface area contributed by atoms with Gasteiger partial charge in [0.05, 0.1) is 9.23 Å². The highest BCUT2D eigenvalue weighted by molar-refractivity contribution is 9.10. The van der Waals surface area contributed by atoms with Gasteiger partial charge in [0.1, 0.15) is 5.82 Å². The van der Waals surface area contributed by atoms with Crippen molar-refractivity contribution in [3.05, 3.63) is 49.8 Å². The number of hydrogen-bond acceptors (Lipinski definition) is 3. The fourth-order valence-electron chi connectivity index (χ4n) is 1.38. The number of thiophene rings is 1. The third kappa shape index (κ3) is 3.76. The summed E-state index contributed by atoms with van der Waals surface area (Å²) in [5.41, 5.74) is 0. The zero-order valence-corrected chi connectivity index (χ0v) is 13.3. The van der Waals surface area contributed by atoms with Crippen LogP contribution in [-0.2, 0) is 16.6 Å². The lowest BCUT2D eigenvalue weighted by atomic mass is 10.3. The van der Waals surface area contributed by atoms with E-state index in [-0.39, 0.29) is 15.9 Å². The van der Waals surface area contributed by atoms with E-state index in [1.54, 1.807) is 12.1 Å². The SMILES string of the molecule is O=S(=O)(NCc1ccc(Cl)s1)c1ccc(F)cc1Br. The van der Waals surface area contributed by atoms with E-state index in [1.165, 1.54) is 17.4 Å². The molecule has 0 unspecified atom stereocenters. The summed E-state index contributed by atoms with van der Waals surface area (Å²) in [6.45, 7) is 0.142. The van der Waals surface area contributed by atoms with Crippen LogP contribution in [0.2, 0.25) is 4.34 Å². The van der Waals surface area contributed by atoms with Crippen molar-refractivity contribution in [1.29, 1.82) is 0 Å². The third-order valence-electron chi connectivity index (χ3n) is 2.25. The maximum absolute atomic E-state index is 12.9. The van der Waals surface area contributed by atoms with Gasteiger partial charge in [-0.3, -0.25) is 0 Å². The summed E-state index contributed by atoms with van der Waals surface area (Å²) >= 11 is 10.1. The van der Waals surface area contributed by atoms with E-state index in [1.807, 2.05) is 0 Å². The minimum absolute atomic E-state index is 0.00319. The molecular weight excluding hydrogens is 377 g/mol. The molecule has 0 bridgehead atoms. The molecule has 0 spiro atoms. The first-order chi connectivity index (χ1) is 8.88. The lowest BCUT2D eigenvalue weighted by molar-refractivity contribution is 0.580. The lowest BCUT2D eigenvalue weighted by Crippen LogP contribution is -2.23. The Kier molecular flexibility index (Phi) is 4.62. The topological polar surface area (TPSA) is 46.2 Å². The highest BCUT2D eigenvalue weighted by Gasteiger charge is 2.18. The Hall–Kier alpha value is -0.470. The fourth-order valence-corrected chi connectivity index (χ4v) is 4.56. The zero-order chi connectivity index (χ0) is 14.0. The lowest BCUT2D eigenvalue weighted by Gasteiger charge is -2.07. The molecule has 0 aliphatic heterocycles. The van der Waals surface area contributed by atoms with Crippen LogP contribution in [0.1, 0.15) is 4.88 Å². The van der Waals surface area contributed by atoms with Crippen molar-refractivity contribution >= 4 is 48.9 Å². The number of halogens is 3. The summed E-state index contributed by atoms with van der Waals surface area (Å²) < 4.78 is 40.3. The Morgan fingerprint density at radius 1 is 1.32 bits per heavy atom. The van der Waals surface area contributed by atoms with Gasteiger partial charge in [0.2, 0.25) is 10.0 Å². The van der Waals surface area contributed by atoms with Gasteiger partial charge < -0.3 is 0 Å². The largest absolute Gasteiger partial charge is 0.242 e. The van der Waals surface area contributed by atoms with E-state index in [0.717, 1.165) is 17.0 Å². The molecule has 1 N–H and O–H groups in total. The molecule has 1 aromatic carbocycles. The Balaban J connectivity index is 2.18. The molecule has 0 radical (unpaired) electrons. The number of hydrogen-bond donors (Lipinski definition) is 1. The third-order valence-corrected chi connectivity index (χ3v) is 5.86. The van der Waals surface area contributed by atoms with Gasteiger partial charge in [0.15, 0.2) is 0 Å². The predicted molar refractivity (Wildman–Crippen MR) is 77.5 cm³/mol. The number of nitrogens with one attached hydrogen (secondary N) is 1. The average molecular weight is 385 g/mol. The highest BCUT2D eigenvalue weighted by atomic mass is 79.9. The van der Waals surface area contributed by atoms with Gasteiger partial charge in [0, 0.05) is 15.9 Å². The van der Waals surface area contributed by atoms with E-state index in [9.17, 15) is 12.8 Å². The van der Waals surface area contributed by atoms with Crippen LogP contribution in [0, 0.1) is 5.82 Å². The Labute approximate surface area is 127 Å². The van der Waals surface area contributed by atoms with Gasteiger partial charge >= 0.3 is 0 Å². The number of benzene rings is 1. The van der Waals surface area contributed by atoms with Gasteiger partial charge in [0.25, 0.3) is 0 Å². The van der Waals surface area contributed by atoms with Gasteiger partial charge in [-0.25, -0.2) is 17.5 Å². The standard InChI is InChI=1S/C11H8BrClFNO2S2/c12-9-5-7(14)1-3-10(9)19(16,17)15-6-8-2-4-11(13)18-8/h1-5,15H,6H2. The van der Waals surface area contributed by atoms with Crippen LogP contribution < -0.4 is 4.72 Å². The molecule has 3 nitrogen and oxygen atoms in total. The van der Waals surface area contributed by atoms with Crippen molar-refractivity contribution in [3.8, 4) is 0 Å². The maximum Gasteiger partial charge on any atom is 0.242 e. The van der Waals surface area contributed by atoms with Gasteiger partial charge in [-0.05, 0) is 46.3 Å². The molecule has 0 amide bonds. The molecule has 1 heterocycles. The van der Waals surface area contributed by atoms with Crippen LogP contribution in [0.25, 0.3) is 0 Å². The summed E-state index contributed by atoms with van der Waals surface area (Å²) in [6.07, 6.45) is 0.